The Bertz CT molecular complexity index is 822. The van der Waals surface area contributed by atoms with E-state index in [9.17, 15) is 9.59 Å². The van der Waals surface area contributed by atoms with Crippen molar-refractivity contribution in [2.24, 2.45) is 0 Å². The molecule has 3 rings (SSSR count). The zero-order valence-corrected chi connectivity index (χ0v) is 13.0. The van der Waals surface area contributed by atoms with Gasteiger partial charge < -0.3 is 4.74 Å². The number of carbonyl (C=O) groups is 2. The number of carbonyl (C=O) groups excluding carboxylic acids is 2. The molecule has 0 saturated carbocycles. The number of rotatable bonds is 5. The van der Waals surface area contributed by atoms with Crippen molar-refractivity contribution in [3.63, 3.8) is 0 Å². The lowest BCUT2D eigenvalue weighted by molar-refractivity contribution is 0.0472. The molecule has 0 aliphatic heterocycles. The van der Waals surface area contributed by atoms with Crippen LogP contribution in [0.25, 0.3) is 0 Å². The van der Waals surface area contributed by atoms with E-state index in [1.165, 1.54) is 0 Å². The number of hydrogen-bond donors (Lipinski definition) is 0. The second-order valence-electron chi connectivity index (χ2n) is 5.33. The summed E-state index contributed by atoms with van der Waals surface area (Å²) < 4.78 is 5.28. The average Bonchev–Trinajstić information content (AvgIpc) is 2.67. The van der Waals surface area contributed by atoms with Gasteiger partial charge >= 0.3 is 5.97 Å². The highest BCUT2D eigenvalue weighted by Crippen LogP contribution is 2.12. The van der Waals surface area contributed by atoms with Crippen LogP contribution in [0.3, 0.4) is 0 Å². The summed E-state index contributed by atoms with van der Waals surface area (Å²) in [6.07, 6.45) is 0. The van der Waals surface area contributed by atoms with Crippen LogP contribution in [0.2, 0.25) is 0 Å². The molecule has 0 amide bonds. The van der Waals surface area contributed by atoms with Gasteiger partial charge in [-0.05, 0) is 17.7 Å². The maximum absolute atomic E-state index is 12.3. The molecule has 0 heterocycles. The van der Waals surface area contributed by atoms with Gasteiger partial charge in [-0.2, -0.15) is 0 Å². The van der Waals surface area contributed by atoms with Gasteiger partial charge in [-0.25, -0.2) is 4.79 Å². The van der Waals surface area contributed by atoms with E-state index in [4.69, 9.17) is 4.74 Å². The molecule has 0 aliphatic rings. The lowest BCUT2D eigenvalue weighted by Gasteiger charge is -2.06. The van der Waals surface area contributed by atoms with Gasteiger partial charge in [0.2, 0.25) is 0 Å². The van der Waals surface area contributed by atoms with Gasteiger partial charge in [0.1, 0.15) is 6.61 Å². The Morgan fingerprint density at radius 3 is 1.71 bits per heavy atom. The standard InChI is InChI=1S/C21H16O3/c22-20(17-7-3-1-4-8-17)18-13-11-16(12-14-18)15-24-21(23)19-9-5-2-6-10-19/h1-14H,15H2. The molecule has 0 saturated heterocycles. The SMILES string of the molecule is O=C(OCc1ccc(C(=O)c2ccccc2)cc1)c1ccccc1. The molecule has 0 fully saturated rings. The van der Waals surface area contributed by atoms with Crippen LogP contribution in [-0.2, 0) is 11.3 Å². The van der Waals surface area contributed by atoms with Crippen LogP contribution < -0.4 is 0 Å². The summed E-state index contributed by atoms with van der Waals surface area (Å²) in [7, 11) is 0. The van der Waals surface area contributed by atoms with Gasteiger partial charge in [0.05, 0.1) is 5.56 Å². The maximum Gasteiger partial charge on any atom is 0.338 e. The molecule has 3 aromatic carbocycles. The van der Waals surface area contributed by atoms with Crippen LogP contribution in [0.4, 0.5) is 0 Å². The highest BCUT2D eigenvalue weighted by atomic mass is 16.5. The van der Waals surface area contributed by atoms with Gasteiger partial charge in [0.25, 0.3) is 0 Å². The summed E-state index contributed by atoms with van der Waals surface area (Å²) in [6.45, 7) is 0.174. The minimum absolute atomic E-state index is 0.0246. The lowest BCUT2D eigenvalue weighted by atomic mass is 10.0. The average molecular weight is 316 g/mol. The van der Waals surface area contributed by atoms with E-state index in [0.29, 0.717) is 16.7 Å². The largest absolute Gasteiger partial charge is 0.457 e. The maximum atomic E-state index is 12.3. The Labute approximate surface area is 140 Å². The highest BCUT2D eigenvalue weighted by molar-refractivity contribution is 6.08. The predicted molar refractivity (Wildman–Crippen MR) is 91.9 cm³/mol. The summed E-state index contributed by atoms with van der Waals surface area (Å²) in [6, 6.07) is 25.1. The van der Waals surface area contributed by atoms with E-state index in [0.717, 1.165) is 5.56 Å². The van der Waals surface area contributed by atoms with Crippen molar-refractivity contribution in [2.45, 2.75) is 6.61 Å². The highest BCUT2D eigenvalue weighted by Gasteiger charge is 2.09. The van der Waals surface area contributed by atoms with Gasteiger partial charge in [-0.3, -0.25) is 4.79 Å². The molecule has 3 aromatic rings. The summed E-state index contributed by atoms with van der Waals surface area (Å²) in [5, 5.41) is 0. The van der Waals surface area contributed by atoms with E-state index < -0.39 is 0 Å². The van der Waals surface area contributed by atoms with Crippen molar-refractivity contribution in [1.82, 2.24) is 0 Å². The van der Waals surface area contributed by atoms with Crippen LogP contribution >= 0.6 is 0 Å². The van der Waals surface area contributed by atoms with E-state index in [1.54, 1.807) is 60.7 Å². The Hall–Kier alpha value is -3.20. The summed E-state index contributed by atoms with van der Waals surface area (Å²) in [5.74, 6) is -0.386. The molecule has 3 nitrogen and oxygen atoms in total. The van der Waals surface area contributed by atoms with Crippen LogP contribution in [-0.4, -0.2) is 11.8 Å². The lowest BCUT2D eigenvalue weighted by Crippen LogP contribution is -2.05. The quantitative estimate of drug-likeness (QED) is 0.521. The molecule has 0 aromatic heterocycles. The smallest absolute Gasteiger partial charge is 0.338 e. The second-order valence-corrected chi connectivity index (χ2v) is 5.33. The van der Waals surface area contributed by atoms with Crippen molar-refractivity contribution in [1.29, 1.82) is 0 Å². The van der Waals surface area contributed by atoms with Crippen LogP contribution in [0.15, 0.2) is 84.9 Å². The fourth-order valence-electron chi connectivity index (χ4n) is 2.31. The predicted octanol–water partition coefficient (Wildman–Crippen LogP) is 4.27. The first-order valence-electron chi connectivity index (χ1n) is 7.65. The minimum Gasteiger partial charge on any atom is -0.457 e. The number of ketones is 1. The van der Waals surface area contributed by atoms with Gasteiger partial charge in [0, 0.05) is 11.1 Å². The van der Waals surface area contributed by atoms with Crippen LogP contribution in [0, 0.1) is 0 Å². The van der Waals surface area contributed by atoms with E-state index in [-0.39, 0.29) is 18.4 Å². The molecular weight excluding hydrogens is 300 g/mol. The second kappa shape index (κ2) is 7.38. The molecule has 0 unspecified atom stereocenters. The van der Waals surface area contributed by atoms with Crippen molar-refractivity contribution in [2.75, 3.05) is 0 Å². The van der Waals surface area contributed by atoms with Crippen molar-refractivity contribution >= 4 is 11.8 Å². The van der Waals surface area contributed by atoms with Crippen LogP contribution in [0.5, 0.6) is 0 Å². The van der Waals surface area contributed by atoms with Gasteiger partial charge in [-0.1, -0.05) is 72.8 Å². The third-order valence-electron chi connectivity index (χ3n) is 3.63. The molecule has 0 atom stereocenters. The summed E-state index contributed by atoms with van der Waals surface area (Å²) in [4.78, 5) is 24.2. The van der Waals surface area contributed by atoms with Crippen molar-refractivity contribution in [3.05, 3.63) is 107 Å². The summed E-state index contributed by atoms with van der Waals surface area (Å²) in [5.41, 5.74) is 2.62. The van der Waals surface area contributed by atoms with Gasteiger partial charge in [-0.15, -0.1) is 0 Å². The molecule has 24 heavy (non-hydrogen) atoms. The minimum atomic E-state index is -0.361. The topological polar surface area (TPSA) is 43.4 Å². The van der Waals surface area contributed by atoms with Crippen LogP contribution in [0.1, 0.15) is 31.8 Å². The molecule has 0 aliphatic carbocycles. The first kappa shape index (κ1) is 15.7. The third-order valence-corrected chi connectivity index (χ3v) is 3.63. The molecule has 3 heteroatoms. The van der Waals surface area contributed by atoms with E-state index >= 15 is 0 Å². The van der Waals surface area contributed by atoms with Gasteiger partial charge in [0.15, 0.2) is 5.78 Å². The third kappa shape index (κ3) is 3.76. The molecule has 0 N–H and O–H groups in total. The Morgan fingerprint density at radius 2 is 1.12 bits per heavy atom. The first-order chi connectivity index (χ1) is 11.7. The monoisotopic (exact) mass is 316 g/mol. The number of hydrogen-bond acceptors (Lipinski definition) is 3. The molecule has 118 valence electrons. The zero-order valence-electron chi connectivity index (χ0n) is 13.0. The van der Waals surface area contributed by atoms with Crippen molar-refractivity contribution < 1.29 is 14.3 Å². The number of esters is 1. The Morgan fingerprint density at radius 1 is 0.625 bits per heavy atom. The Kier molecular flexibility index (Phi) is 4.82. The number of benzene rings is 3. The fourth-order valence-corrected chi connectivity index (χ4v) is 2.31. The molecule has 0 spiro atoms. The molecular formula is C21H16O3. The van der Waals surface area contributed by atoms with Crippen molar-refractivity contribution in [3.8, 4) is 0 Å². The Balaban J connectivity index is 1.63. The molecule has 0 radical (unpaired) electrons. The molecule has 0 bridgehead atoms. The van der Waals surface area contributed by atoms with E-state index in [2.05, 4.69) is 0 Å². The number of ether oxygens (including phenoxy) is 1. The normalized spacial score (nSPS) is 10.2. The fraction of sp³-hybridized carbons (Fsp3) is 0.0476. The van der Waals surface area contributed by atoms with E-state index in [1.807, 2.05) is 24.3 Å². The first-order valence-corrected chi connectivity index (χ1v) is 7.65. The zero-order chi connectivity index (χ0) is 16.8. The summed E-state index contributed by atoms with van der Waals surface area (Å²) >= 11 is 0.